The van der Waals surface area contributed by atoms with Crippen molar-refractivity contribution in [2.75, 3.05) is 13.7 Å². The Labute approximate surface area is 144 Å². The second-order valence-electron chi connectivity index (χ2n) is 5.09. The molecule has 0 aliphatic heterocycles. The first-order valence-corrected chi connectivity index (χ1v) is 8.01. The normalized spacial score (nSPS) is 11.0. The van der Waals surface area contributed by atoms with Gasteiger partial charge in [-0.05, 0) is 49.3 Å². The van der Waals surface area contributed by atoms with Crippen molar-refractivity contribution >= 4 is 18.4 Å². The zero-order valence-electron chi connectivity index (χ0n) is 13.9. The predicted molar refractivity (Wildman–Crippen MR) is 94.8 cm³/mol. The molecule has 0 saturated heterocycles. The molecular weight excluding hydrogens is 328 g/mol. The number of nitrogens with zero attached hydrogens (tertiary/aromatic N) is 3. The maximum absolute atomic E-state index is 12.0. The van der Waals surface area contributed by atoms with E-state index in [1.54, 1.807) is 20.1 Å². The van der Waals surface area contributed by atoms with Crippen LogP contribution in [0.15, 0.2) is 28.1 Å². The molecule has 2 rings (SSSR count). The lowest BCUT2D eigenvalue weighted by molar-refractivity contribution is 0.288. The van der Waals surface area contributed by atoms with Crippen LogP contribution in [0.25, 0.3) is 0 Å². The van der Waals surface area contributed by atoms with Crippen molar-refractivity contribution in [2.24, 2.45) is 5.10 Å². The molecule has 2 aromatic rings. The minimum atomic E-state index is -0.358. The molecule has 0 atom stereocenters. The number of H-pyrrole nitrogens is 1. The third kappa shape index (κ3) is 4.29. The molecule has 0 unspecified atom stereocenters. The van der Waals surface area contributed by atoms with Gasteiger partial charge in [-0.25, -0.2) is 0 Å². The minimum Gasteiger partial charge on any atom is -0.493 e. The summed E-state index contributed by atoms with van der Waals surface area (Å²) in [5.41, 5.74) is 0.695. The first-order valence-electron chi connectivity index (χ1n) is 7.60. The molecule has 8 heteroatoms. The molecule has 7 nitrogen and oxygen atoms in total. The second-order valence-corrected chi connectivity index (χ2v) is 5.47. The maximum Gasteiger partial charge on any atom is 0.296 e. The van der Waals surface area contributed by atoms with Crippen LogP contribution in [0, 0.1) is 11.7 Å². The van der Waals surface area contributed by atoms with Crippen molar-refractivity contribution in [2.45, 2.75) is 26.7 Å². The quantitative estimate of drug-likeness (QED) is 0.473. The van der Waals surface area contributed by atoms with Crippen LogP contribution in [-0.2, 0) is 0 Å². The average Bonchev–Trinajstić information content (AvgIpc) is 2.59. The molecule has 0 amide bonds. The van der Waals surface area contributed by atoms with Crippen LogP contribution in [0.4, 0.5) is 0 Å². The number of rotatable bonds is 7. The fourth-order valence-electron chi connectivity index (χ4n) is 1.91. The van der Waals surface area contributed by atoms with Crippen molar-refractivity contribution < 1.29 is 9.47 Å². The Morgan fingerprint density at radius 2 is 2.21 bits per heavy atom. The number of aromatic nitrogens is 3. The smallest absolute Gasteiger partial charge is 0.296 e. The lowest BCUT2D eigenvalue weighted by Crippen LogP contribution is -2.22. The third-order valence-electron chi connectivity index (χ3n) is 3.28. The summed E-state index contributed by atoms with van der Waals surface area (Å²) in [6.07, 6.45) is 3.55. The number of methoxy groups -OCH3 is 1. The van der Waals surface area contributed by atoms with Gasteiger partial charge in [0, 0.05) is 0 Å². The standard InChI is InChI=1S/C16H20N4O3S/c1-4-5-8-23-14-9-12(6-7-13(14)22-3)10-17-20-15(21)11(2)18-19-16(20)24/h6-7,9-10H,4-5,8H2,1-3H3,(H,19,24)/b17-10-. The summed E-state index contributed by atoms with van der Waals surface area (Å²) in [7, 11) is 1.59. The molecule has 0 bridgehead atoms. The van der Waals surface area contributed by atoms with E-state index in [0.717, 1.165) is 23.1 Å². The lowest BCUT2D eigenvalue weighted by Gasteiger charge is -2.10. The Balaban J connectivity index is 2.30. The Kier molecular flexibility index (Phi) is 6.25. The van der Waals surface area contributed by atoms with Crippen molar-refractivity contribution in [3.63, 3.8) is 0 Å². The summed E-state index contributed by atoms with van der Waals surface area (Å²) in [5, 5.41) is 10.5. The maximum atomic E-state index is 12.0. The molecule has 0 aliphatic rings. The molecule has 1 aromatic carbocycles. The van der Waals surface area contributed by atoms with Gasteiger partial charge in [-0.1, -0.05) is 13.3 Å². The fraction of sp³-hybridized carbons (Fsp3) is 0.375. The van der Waals surface area contributed by atoms with Crippen molar-refractivity contribution in [3.8, 4) is 11.5 Å². The highest BCUT2D eigenvalue weighted by Gasteiger charge is 2.06. The number of hydrogen-bond donors (Lipinski definition) is 1. The van der Waals surface area contributed by atoms with E-state index >= 15 is 0 Å². The number of aromatic amines is 1. The molecule has 0 fully saturated rings. The number of aryl methyl sites for hydroxylation is 1. The second kappa shape index (κ2) is 8.39. The van der Waals surface area contributed by atoms with Crippen LogP contribution < -0.4 is 15.0 Å². The highest BCUT2D eigenvalue weighted by atomic mass is 32.1. The molecule has 1 heterocycles. The van der Waals surface area contributed by atoms with Crippen LogP contribution in [0.2, 0.25) is 0 Å². The molecule has 1 N–H and O–H groups in total. The van der Waals surface area contributed by atoms with Gasteiger partial charge >= 0.3 is 0 Å². The molecule has 0 saturated carbocycles. The van der Waals surface area contributed by atoms with E-state index in [2.05, 4.69) is 22.2 Å². The van der Waals surface area contributed by atoms with E-state index < -0.39 is 0 Å². The molecule has 128 valence electrons. The van der Waals surface area contributed by atoms with E-state index in [1.165, 1.54) is 6.21 Å². The summed E-state index contributed by atoms with van der Waals surface area (Å²) < 4.78 is 12.3. The SMILES string of the molecule is CCCCOc1cc(/C=N\n2c(=S)[nH]nc(C)c2=O)ccc1OC. The summed E-state index contributed by atoms with van der Waals surface area (Å²) in [4.78, 5) is 12.0. The number of nitrogens with one attached hydrogen (secondary N) is 1. The molecule has 0 aliphatic carbocycles. The Morgan fingerprint density at radius 3 is 2.92 bits per heavy atom. The number of benzene rings is 1. The number of unbranched alkanes of at least 4 members (excludes halogenated alkanes) is 1. The van der Waals surface area contributed by atoms with Crippen LogP contribution >= 0.6 is 12.2 Å². The van der Waals surface area contributed by atoms with Gasteiger partial charge in [-0.3, -0.25) is 9.89 Å². The van der Waals surface area contributed by atoms with E-state index in [0.29, 0.717) is 23.8 Å². The Bertz CT molecular complexity index is 842. The Hall–Kier alpha value is -2.48. The monoisotopic (exact) mass is 348 g/mol. The average molecular weight is 348 g/mol. The largest absolute Gasteiger partial charge is 0.493 e. The van der Waals surface area contributed by atoms with Gasteiger partial charge in [-0.15, -0.1) is 0 Å². The van der Waals surface area contributed by atoms with Crippen molar-refractivity contribution in [3.05, 3.63) is 44.6 Å². The molecular formula is C16H20N4O3S. The minimum absolute atomic E-state index is 0.134. The summed E-state index contributed by atoms with van der Waals surface area (Å²) in [5.74, 6) is 1.29. The topological polar surface area (TPSA) is 81.5 Å². The first-order chi connectivity index (χ1) is 11.6. The first kappa shape index (κ1) is 17.9. The molecule has 24 heavy (non-hydrogen) atoms. The van der Waals surface area contributed by atoms with Gasteiger partial charge < -0.3 is 9.47 Å². The summed E-state index contributed by atoms with van der Waals surface area (Å²) in [6.45, 7) is 4.30. The van der Waals surface area contributed by atoms with E-state index in [-0.39, 0.29) is 10.3 Å². The predicted octanol–water partition coefficient (Wildman–Crippen LogP) is 2.68. The van der Waals surface area contributed by atoms with E-state index in [4.69, 9.17) is 21.7 Å². The molecule has 1 aromatic heterocycles. The highest BCUT2D eigenvalue weighted by molar-refractivity contribution is 7.71. The number of hydrogen-bond acceptors (Lipinski definition) is 6. The van der Waals surface area contributed by atoms with Gasteiger partial charge in [0.25, 0.3) is 5.56 Å². The van der Waals surface area contributed by atoms with E-state index in [9.17, 15) is 4.79 Å². The van der Waals surface area contributed by atoms with Crippen LogP contribution in [0.1, 0.15) is 31.0 Å². The zero-order valence-corrected chi connectivity index (χ0v) is 14.7. The third-order valence-corrected chi connectivity index (χ3v) is 3.54. The summed E-state index contributed by atoms with van der Waals surface area (Å²) >= 11 is 5.04. The van der Waals surface area contributed by atoms with Gasteiger partial charge in [0.1, 0.15) is 5.69 Å². The zero-order chi connectivity index (χ0) is 17.5. The van der Waals surface area contributed by atoms with Gasteiger partial charge in [0.05, 0.1) is 19.9 Å². The van der Waals surface area contributed by atoms with Crippen molar-refractivity contribution in [1.29, 1.82) is 0 Å². The molecule has 0 radical (unpaired) electrons. The fourth-order valence-corrected chi connectivity index (χ4v) is 2.09. The lowest BCUT2D eigenvalue weighted by atomic mass is 10.2. The summed E-state index contributed by atoms with van der Waals surface area (Å²) in [6, 6.07) is 5.43. The van der Waals surface area contributed by atoms with Gasteiger partial charge in [-0.2, -0.15) is 14.9 Å². The molecule has 0 spiro atoms. The van der Waals surface area contributed by atoms with Gasteiger partial charge in [0.2, 0.25) is 4.77 Å². The highest BCUT2D eigenvalue weighted by Crippen LogP contribution is 2.27. The number of ether oxygens (including phenoxy) is 2. The van der Waals surface area contributed by atoms with Gasteiger partial charge in [0.15, 0.2) is 11.5 Å². The van der Waals surface area contributed by atoms with Crippen molar-refractivity contribution in [1.82, 2.24) is 14.9 Å². The van der Waals surface area contributed by atoms with Crippen LogP contribution in [0.5, 0.6) is 11.5 Å². The van der Waals surface area contributed by atoms with Crippen LogP contribution in [-0.4, -0.2) is 34.8 Å². The van der Waals surface area contributed by atoms with Crippen LogP contribution in [0.3, 0.4) is 0 Å². The van der Waals surface area contributed by atoms with E-state index in [1.807, 2.05) is 12.1 Å². The Morgan fingerprint density at radius 1 is 1.42 bits per heavy atom.